The molecule has 0 aliphatic heterocycles. The van der Waals surface area contributed by atoms with Crippen molar-refractivity contribution in [2.24, 2.45) is 0 Å². The van der Waals surface area contributed by atoms with Gasteiger partial charge in [-0.05, 0) is 31.4 Å². The standard InChI is InChI=1S/C14H21N/c1-3-5-11-14(15-4-2)12-13-9-7-6-8-10-13/h3,6-10,14-15H,1,4-5,11-12H2,2H3. The van der Waals surface area contributed by atoms with E-state index in [1.807, 2.05) is 6.08 Å². The molecule has 15 heavy (non-hydrogen) atoms. The minimum atomic E-state index is 0.579. The van der Waals surface area contributed by atoms with Crippen molar-refractivity contribution in [3.8, 4) is 0 Å². The number of nitrogens with one attached hydrogen (secondary N) is 1. The summed E-state index contributed by atoms with van der Waals surface area (Å²) in [5, 5.41) is 3.52. The Morgan fingerprint density at radius 2 is 2.07 bits per heavy atom. The van der Waals surface area contributed by atoms with Crippen LogP contribution in [0, 0.1) is 0 Å². The third-order valence-electron chi connectivity index (χ3n) is 2.54. The zero-order valence-corrected chi connectivity index (χ0v) is 9.58. The number of likely N-dealkylation sites (N-methyl/N-ethyl adjacent to an activating group) is 1. The molecule has 1 nitrogen and oxygen atoms in total. The van der Waals surface area contributed by atoms with E-state index in [1.54, 1.807) is 0 Å². The lowest BCUT2D eigenvalue weighted by Crippen LogP contribution is -2.30. The zero-order chi connectivity index (χ0) is 10.9. The fourth-order valence-electron chi connectivity index (χ4n) is 1.78. The first-order valence-corrected chi connectivity index (χ1v) is 5.75. The summed E-state index contributed by atoms with van der Waals surface area (Å²) in [6, 6.07) is 11.2. The summed E-state index contributed by atoms with van der Waals surface area (Å²) in [5.41, 5.74) is 1.41. The number of benzene rings is 1. The lowest BCUT2D eigenvalue weighted by Gasteiger charge is -2.17. The molecule has 1 N–H and O–H groups in total. The minimum absolute atomic E-state index is 0.579. The molecule has 82 valence electrons. The molecule has 0 aromatic heterocycles. The Balaban J connectivity index is 2.46. The highest BCUT2D eigenvalue weighted by Crippen LogP contribution is 2.07. The molecule has 0 fully saturated rings. The van der Waals surface area contributed by atoms with Crippen LogP contribution in [0.1, 0.15) is 25.3 Å². The lowest BCUT2D eigenvalue weighted by atomic mass is 10.0. The predicted molar refractivity (Wildman–Crippen MR) is 67.0 cm³/mol. The number of rotatable bonds is 7. The van der Waals surface area contributed by atoms with Crippen LogP contribution in [0.2, 0.25) is 0 Å². The van der Waals surface area contributed by atoms with E-state index in [1.165, 1.54) is 12.0 Å². The molecule has 0 aliphatic rings. The molecule has 1 heteroatoms. The number of hydrogen-bond donors (Lipinski definition) is 1. The van der Waals surface area contributed by atoms with E-state index in [-0.39, 0.29) is 0 Å². The topological polar surface area (TPSA) is 12.0 Å². The van der Waals surface area contributed by atoms with Gasteiger partial charge in [0.05, 0.1) is 0 Å². The second-order valence-corrected chi connectivity index (χ2v) is 3.81. The Morgan fingerprint density at radius 3 is 2.67 bits per heavy atom. The Kier molecular flexibility index (Phi) is 5.79. The molecule has 0 spiro atoms. The average Bonchev–Trinajstić information content (AvgIpc) is 2.28. The SMILES string of the molecule is C=CCCC(Cc1ccccc1)NCC. The molecule has 0 saturated heterocycles. The van der Waals surface area contributed by atoms with Gasteiger partial charge >= 0.3 is 0 Å². The Hall–Kier alpha value is -1.08. The lowest BCUT2D eigenvalue weighted by molar-refractivity contribution is 0.495. The fourth-order valence-corrected chi connectivity index (χ4v) is 1.78. The highest BCUT2D eigenvalue weighted by molar-refractivity contribution is 5.15. The van der Waals surface area contributed by atoms with Gasteiger partial charge in [-0.2, -0.15) is 0 Å². The van der Waals surface area contributed by atoms with Crippen molar-refractivity contribution in [3.05, 3.63) is 48.6 Å². The molecule has 0 radical (unpaired) electrons. The summed E-state index contributed by atoms with van der Waals surface area (Å²) >= 11 is 0. The van der Waals surface area contributed by atoms with Crippen molar-refractivity contribution in [1.82, 2.24) is 5.32 Å². The Morgan fingerprint density at radius 1 is 1.33 bits per heavy atom. The van der Waals surface area contributed by atoms with Crippen molar-refractivity contribution in [3.63, 3.8) is 0 Å². The normalized spacial score (nSPS) is 12.3. The smallest absolute Gasteiger partial charge is 0.0110 e. The van der Waals surface area contributed by atoms with Crippen LogP contribution in [0.3, 0.4) is 0 Å². The summed E-state index contributed by atoms with van der Waals surface area (Å²) in [7, 11) is 0. The van der Waals surface area contributed by atoms with Crippen molar-refractivity contribution in [2.75, 3.05) is 6.54 Å². The summed E-state index contributed by atoms with van der Waals surface area (Å²) in [6.07, 6.45) is 5.37. The van der Waals surface area contributed by atoms with Crippen molar-refractivity contribution >= 4 is 0 Å². The zero-order valence-electron chi connectivity index (χ0n) is 9.58. The van der Waals surface area contributed by atoms with Gasteiger partial charge in [0.1, 0.15) is 0 Å². The monoisotopic (exact) mass is 203 g/mol. The first kappa shape index (κ1) is 12.0. The van der Waals surface area contributed by atoms with E-state index < -0.39 is 0 Å². The molecular formula is C14H21N. The van der Waals surface area contributed by atoms with Crippen LogP contribution in [-0.2, 0) is 6.42 Å². The van der Waals surface area contributed by atoms with Gasteiger partial charge in [0, 0.05) is 6.04 Å². The molecule has 0 saturated carbocycles. The number of hydrogen-bond acceptors (Lipinski definition) is 1. The van der Waals surface area contributed by atoms with Gasteiger partial charge in [-0.1, -0.05) is 43.3 Å². The van der Waals surface area contributed by atoms with E-state index in [0.29, 0.717) is 6.04 Å². The maximum Gasteiger partial charge on any atom is 0.0110 e. The van der Waals surface area contributed by atoms with E-state index in [4.69, 9.17) is 0 Å². The first-order valence-electron chi connectivity index (χ1n) is 5.75. The van der Waals surface area contributed by atoms with Gasteiger partial charge < -0.3 is 5.32 Å². The van der Waals surface area contributed by atoms with E-state index >= 15 is 0 Å². The molecular weight excluding hydrogens is 182 g/mol. The molecule has 1 aromatic rings. The van der Waals surface area contributed by atoms with Gasteiger partial charge in [-0.15, -0.1) is 6.58 Å². The van der Waals surface area contributed by atoms with Crippen LogP contribution in [0.15, 0.2) is 43.0 Å². The van der Waals surface area contributed by atoms with Crippen LogP contribution in [0.4, 0.5) is 0 Å². The van der Waals surface area contributed by atoms with Crippen LogP contribution in [-0.4, -0.2) is 12.6 Å². The maximum absolute atomic E-state index is 3.77. The highest BCUT2D eigenvalue weighted by Gasteiger charge is 2.06. The molecule has 1 unspecified atom stereocenters. The Bertz CT molecular complexity index is 266. The maximum atomic E-state index is 3.77. The van der Waals surface area contributed by atoms with Crippen LogP contribution >= 0.6 is 0 Å². The fraction of sp³-hybridized carbons (Fsp3) is 0.429. The molecule has 0 bridgehead atoms. The van der Waals surface area contributed by atoms with Crippen molar-refractivity contribution < 1.29 is 0 Å². The van der Waals surface area contributed by atoms with Crippen LogP contribution in [0.25, 0.3) is 0 Å². The highest BCUT2D eigenvalue weighted by atomic mass is 14.9. The second-order valence-electron chi connectivity index (χ2n) is 3.81. The average molecular weight is 203 g/mol. The van der Waals surface area contributed by atoms with E-state index in [9.17, 15) is 0 Å². The van der Waals surface area contributed by atoms with Gasteiger partial charge in [0.2, 0.25) is 0 Å². The molecule has 0 aliphatic carbocycles. The molecule has 1 aromatic carbocycles. The van der Waals surface area contributed by atoms with E-state index in [2.05, 4.69) is 49.2 Å². The van der Waals surface area contributed by atoms with Crippen LogP contribution in [0.5, 0.6) is 0 Å². The third-order valence-corrected chi connectivity index (χ3v) is 2.54. The largest absolute Gasteiger partial charge is 0.314 e. The van der Waals surface area contributed by atoms with Gasteiger partial charge in [0.15, 0.2) is 0 Å². The minimum Gasteiger partial charge on any atom is -0.314 e. The molecule has 0 heterocycles. The van der Waals surface area contributed by atoms with E-state index in [0.717, 1.165) is 19.4 Å². The molecule has 1 atom stereocenters. The predicted octanol–water partition coefficient (Wildman–Crippen LogP) is 3.17. The quantitative estimate of drug-likeness (QED) is 0.671. The summed E-state index contributed by atoms with van der Waals surface area (Å²) in [4.78, 5) is 0. The van der Waals surface area contributed by atoms with Gasteiger partial charge in [0.25, 0.3) is 0 Å². The Labute approximate surface area is 93.2 Å². The molecule has 1 rings (SSSR count). The summed E-state index contributed by atoms with van der Waals surface area (Å²) < 4.78 is 0. The second kappa shape index (κ2) is 7.24. The first-order chi connectivity index (χ1) is 7.36. The summed E-state index contributed by atoms with van der Waals surface area (Å²) in [6.45, 7) is 6.97. The van der Waals surface area contributed by atoms with Gasteiger partial charge in [-0.3, -0.25) is 0 Å². The molecule has 0 amide bonds. The van der Waals surface area contributed by atoms with Crippen molar-refractivity contribution in [1.29, 1.82) is 0 Å². The van der Waals surface area contributed by atoms with Crippen LogP contribution < -0.4 is 5.32 Å². The third kappa shape index (κ3) is 4.80. The number of allylic oxidation sites excluding steroid dienone is 1. The summed E-state index contributed by atoms with van der Waals surface area (Å²) in [5.74, 6) is 0. The van der Waals surface area contributed by atoms with Gasteiger partial charge in [-0.25, -0.2) is 0 Å². The van der Waals surface area contributed by atoms with Crippen molar-refractivity contribution in [2.45, 2.75) is 32.2 Å².